The van der Waals surface area contributed by atoms with Crippen molar-refractivity contribution in [2.75, 3.05) is 6.54 Å². The fourth-order valence-electron chi connectivity index (χ4n) is 2.16. The Morgan fingerprint density at radius 2 is 2.00 bits per heavy atom. The lowest BCUT2D eigenvalue weighted by molar-refractivity contribution is 0.545. The van der Waals surface area contributed by atoms with Gasteiger partial charge in [-0.2, -0.15) is 0 Å². The van der Waals surface area contributed by atoms with Gasteiger partial charge in [0.15, 0.2) is 0 Å². The predicted molar refractivity (Wildman–Crippen MR) is 105 cm³/mol. The molecule has 0 rings (SSSR count). The van der Waals surface area contributed by atoms with Gasteiger partial charge < -0.3 is 5.32 Å². The van der Waals surface area contributed by atoms with Crippen LogP contribution in [-0.2, 0) is 0 Å². The summed E-state index contributed by atoms with van der Waals surface area (Å²) in [5, 5.41) is 3.50. The van der Waals surface area contributed by atoms with Crippen molar-refractivity contribution in [2.45, 2.75) is 66.2 Å². The van der Waals surface area contributed by atoms with Gasteiger partial charge in [-0.1, -0.05) is 50.6 Å². The smallest absolute Gasteiger partial charge is 0.0306 e. The summed E-state index contributed by atoms with van der Waals surface area (Å²) in [7, 11) is 0. The summed E-state index contributed by atoms with van der Waals surface area (Å²) in [4.78, 5) is 0. The zero-order chi connectivity index (χ0) is 17.3. The Labute approximate surface area is 144 Å². The molecule has 23 heavy (non-hydrogen) atoms. The highest BCUT2D eigenvalue weighted by molar-refractivity contribution is 5.21. The lowest BCUT2D eigenvalue weighted by Crippen LogP contribution is -2.14. The lowest BCUT2D eigenvalue weighted by Gasteiger charge is -2.09. The maximum atomic E-state index is 5.37. The average Bonchev–Trinajstić information content (AvgIpc) is 2.54. The van der Waals surface area contributed by atoms with Gasteiger partial charge in [-0.05, 0) is 57.1 Å². The number of hydrogen-bond acceptors (Lipinski definition) is 1. The van der Waals surface area contributed by atoms with Crippen LogP contribution < -0.4 is 5.32 Å². The van der Waals surface area contributed by atoms with Crippen molar-refractivity contribution < 1.29 is 0 Å². The van der Waals surface area contributed by atoms with E-state index in [0.29, 0.717) is 6.42 Å². The van der Waals surface area contributed by atoms with Crippen LogP contribution in [0.3, 0.4) is 0 Å². The quantitative estimate of drug-likeness (QED) is 0.258. The molecule has 0 aromatic carbocycles. The van der Waals surface area contributed by atoms with Crippen LogP contribution >= 0.6 is 0 Å². The Balaban J connectivity index is 4.31. The molecule has 0 spiro atoms. The molecule has 0 saturated carbocycles. The number of nitrogens with one attached hydrogen (secondary N) is 1. The van der Waals surface area contributed by atoms with Crippen LogP contribution in [0.15, 0.2) is 47.7 Å². The summed E-state index contributed by atoms with van der Waals surface area (Å²) in [5.74, 6) is 3.44. The third kappa shape index (κ3) is 13.7. The molecule has 0 unspecified atom stereocenters. The van der Waals surface area contributed by atoms with Gasteiger partial charge in [-0.25, -0.2) is 0 Å². The monoisotopic (exact) mass is 313 g/mol. The summed E-state index contributed by atoms with van der Waals surface area (Å²) >= 11 is 0. The van der Waals surface area contributed by atoms with Gasteiger partial charge >= 0.3 is 0 Å². The van der Waals surface area contributed by atoms with Gasteiger partial charge in [0.05, 0.1) is 0 Å². The molecule has 0 fully saturated rings. The Bertz CT molecular complexity index is 441. The van der Waals surface area contributed by atoms with Gasteiger partial charge in [0, 0.05) is 18.7 Å². The van der Waals surface area contributed by atoms with E-state index in [2.05, 4.69) is 75.4 Å². The summed E-state index contributed by atoms with van der Waals surface area (Å²) in [6.45, 7) is 9.81. The predicted octanol–water partition coefficient (Wildman–Crippen LogP) is 6.17. The van der Waals surface area contributed by atoms with Crippen LogP contribution in [-0.4, -0.2) is 6.54 Å². The molecule has 0 aliphatic heterocycles. The second-order valence-corrected chi connectivity index (χ2v) is 6.15. The molecule has 128 valence electrons. The zero-order valence-electron chi connectivity index (χ0n) is 15.6. The van der Waals surface area contributed by atoms with Crippen molar-refractivity contribution in [3.63, 3.8) is 0 Å². The number of rotatable bonds is 12. The first-order chi connectivity index (χ1) is 11.1. The van der Waals surface area contributed by atoms with Crippen molar-refractivity contribution in [3.8, 4) is 12.3 Å². The average molecular weight is 314 g/mol. The van der Waals surface area contributed by atoms with Crippen LogP contribution in [0.5, 0.6) is 0 Å². The third-order valence-corrected chi connectivity index (χ3v) is 3.56. The topological polar surface area (TPSA) is 12.0 Å². The van der Waals surface area contributed by atoms with E-state index in [-0.39, 0.29) is 0 Å². The molecule has 0 aliphatic rings. The van der Waals surface area contributed by atoms with E-state index in [9.17, 15) is 0 Å². The molecule has 0 aromatic rings. The molecule has 0 amide bonds. The second kappa shape index (κ2) is 15.2. The van der Waals surface area contributed by atoms with Crippen molar-refractivity contribution in [2.24, 2.45) is 5.92 Å². The minimum absolute atomic E-state index is 0.677. The second-order valence-electron chi connectivity index (χ2n) is 6.15. The van der Waals surface area contributed by atoms with Crippen LogP contribution in [0.4, 0.5) is 0 Å². The summed E-state index contributed by atoms with van der Waals surface area (Å²) in [6, 6.07) is 0. The molecular formula is C22H35N. The van der Waals surface area contributed by atoms with Crippen LogP contribution in [0, 0.1) is 18.3 Å². The van der Waals surface area contributed by atoms with Gasteiger partial charge in [0.25, 0.3) is 0 Å². The Kier molecular flexibility index (Phi) is 14.1. The Morgan fingerprint density at radius 3 is 2.61 bits per heavy atom. The van der Waals surface area contributed by atoms with E-state index >= 15 is 0 Å². The van der Waals surface area contributed by atoms with Crippen LogP contribution in [0.1, 0.15) is 66.2 Å². The van der Waals surface area contributed by atoms with E-state index in [1.54, 1.807) is 0 Å². The maximum absolute atomic E-state index is 5.37. The summed E-state index contributed by atoms with van der Waals surface area (Å²) < 4.78 is 0. The normalized spacial score (nSPS) is 13.2. The van der Waals surface area contributed by atoms with Gasteiger partial charge in [-0.15, -0.1) is 12.3 Å². The summed E-state index contributed by atoms with van der Waals surface area (Å²) in [5.41, 5.74) is 2.55. The highest BCUT2D eigenvalue weighted by Gasteiger charge is 1.95. The molecule has 0 saturated heterocycles. The molecular weight excluding hydrogens is 278 g/mol. The van der Waals surface area contributed by atoms with Crippen molar-refractivity contribution >= 4 is 0 Å². The molecule has 0 aromatic heterocycles. The number of allylic oxidation sites excluding steroid dienone is 7. The fourth-order valence-corrected chi connectivity index (χ4v) is 2.16. The molecule has 0 radical (unpaired) electrons. The Morgan fingerprint density at radius 1 is 1.22 bits per heavy atom. The molecule has 1 nitrogen and oxygen atoms in total. The first kappa shape index (κ1) is 21.3. The lowest BCUT2D eigenvalue weighted by atomic mass is 10.1. The first-order valence-corrected chi connectivity index (χ1v) is 8.99. The molecule has 0 atom stereocenters. The highest BCUT2D eigenvalue weighted by Crippen LogP contribution is 2.09. The van der Waals surface area contributed by atoms with E-state index in [0.717, 1.165) is 37.4 Å². The van der Waals surface area contributed by atoms with Gasteiger partial charge in [0.1, 0.15) is 0 Å². The van der Waals surface area contributed by atoms with E-state index in [1.807, 2.05) is 0 Å². The third-order valence-electron chi connectivity index (χ3n) is 3.56. The molecule has 0 aliphatic carbocycles. The van der Waals surface area contributed by atoms with Crippen molar-refractivity contribution in [1.29, 1.82) is 0 Å². The number of terminal acetylenes is 1. The maximum Gasteiger partial charge on any atom is 0.0306 e. The zero-order valence-corrected chi connectivity index (χ0v) is 15.6. The Hall–Kier alpha value is -1.68. The van der Waals surface area contributed by atoms with Gasteiger partial charge in [0.2, 0.25) is 0 Å². The van der Waals surface area contributed by atoms with E-state index < -0.39 is 0 Å². The highest BCUT2D eigenvalue weighted by atomic mass is 14.9. The van der Waals surface area contributed by atoms with E-state index in [4.69, 9.17) is 6.42 Å². The minimum atomic E-state index is 0.677. The standard InChI is InChI=1S/C22H35N/c1-6-9-15-21(8-3)16-11-12-18-22(17-10-7-2)23-19-13-14-20(4)5/h2,8-9,12,15,17-18,20,23H,6,10-11,13-14,16,19H2,1,3-5H3/b15-9-,18-12-,21-8+,22-17+. The largest absolute Gasteiger partial charge is 0.385 e. The number of hydrogen-bond donors (Lipinski definition) is 1. The summed E-state index contributed by atoms with van der Waals surface area (Å²) in [6.07, 6.45) is 24.9. The fraction of sp³-hybridized carbons (Fsp3) is 0.545. The minimum Gasteiger partial charge on any atom is -0.385 e. The molecule has 0 bridgehead atoms. The van der Waals surface area contributed by atoms with E-state index in [1.165, 1.54) is 18.4 Å². The van der Waals surface area contributed by atoms with Crippen LogP contribution in [0.2, 0.25) is 0 Å². The van der Waals surface area contributed by atoms with Crippen molar-refractivity contribution in [3.05, 3.63) is 47.7 Å². The van der Waals surface area contributed by atoms with Crippen molar-refractivity contribution in [1.82, 2.24) is 5.32 Å². The molecule has 1 heteroatoms. The SMILES string of the molecule is C#CC/C=C(\C=C/CCC(/C=C\CC)=C/C)NCCCC(C)C. The molecule has 0 heterocycles. The first-order valence-electron chi connectivity index (χ1n) is 8.99. The van der Waals surface area contributed by atoms with Crippen LogP contribution in [0.25, 0.3) is 0 Å². The van der Waals surface area contributed by atoms with Gasteiger partial charge in [-0.3, -0.25) is 0 Å². The molecule has 1 N–H and O–H groups in total.